The van der Waals surface area contributed by atoms with Gasteiger partial charge in [0.15, 0.2) is 0 Å². The van der Waals surface area contributed by atoms with E-state index < -0.39 is 0 Å². The molecule has 53 heavy (non-hydrogen) atoms. The lowest BCUT2D eigenvalue weighted by Crippen LogP contribution is -2.12. The van der Waals surface area contributed by atoms with E-state index in [9.17, 15) is 0 Å². The summed E-state index contributed by atoms with van der Waals surface area (Å²) in [6.45, 7) is 0. The lowest BCUT2D eigenvalue weighted by atomic mass is 9.92. The van der Waals surface area contributed by atoms with Crippen LogP contribution in [0.2, 0.25) is 0 Å². The lowest BCUT2D eigenvalue weighted by Gasteiger charge is -2.30. The van der Waals surface area contributed by atoms with Gasteiger partial charge in [0, 0.05) is 16.6 Å². The molecule has 10 aromatic rings. The number of benzene rings is 10. The van der Waals surface area contributed by atoms with Gasteiger partial charge in [-0.3, -0.25) is 0 Å². The van der Waals surface area contributed by atoms with Crippen LogP contribution in [-0.2, 0) is 0 Å². The van der Waals surface area contributed by atoms with E-state index in [1.807, 2.05) is 0 Å². The summed E-state index contributed by atoms with van der Waals surface area (Å²) in [5, 5.41) is 9.94. The summed E-state index contributed by atoms with van der Waals surface area (Å²) >= 11 is 0. The standard InChI is InChI=1S/C52H35N/c1-2-16-37(17-3-1)43-26-13-28-49-47(43)27-14-30-52(49)53(51-29-11-10-23-45(51)41-32-31-36-15-4-5-18-38(36)33-41)42-21-12-20-39(34-42)50-35-40-19-6-7-22-44(40)46-24-8-9-25-48(46)50/h1-35H. The highest BCUT2D eigenvalue weighted by atomic mass is 15.1. The highest BCUT2D eigenvalue weighted by molar-refractivity contribution is 6.14. The van der Waals surface area contributed by atoms with Crippen molar-refractivity contribution in [3.8, 4) is 33.4 Å². The van der Waals surface area contributed by atoms with Crippen molar-refractivity contribution in [3.63, 3.8) is 0 Å². The number of hydrogen-bond acceptors (Lipinski definition) is 1. The Kier molecular flexibility index (Phi) is 7.55. The van der Waals surface area contributed by atoms with Crippen molar-refractivity contribution < 1.29 is 0 Å². The second kappa shape index (κ2) is 13.0. The molecule has 0 bridgehead atoms. The fourth-order valence-corrected chi connectivity index (χ4v) is 8.14. The Bertz CT molecular complexity index is 2960. The molecule has 1 nitrogen and oxygen atoms in total. The fraction of sp³-hybridized carbons (Fsp3) is 0. The molecule has 0 amide bonds. The molecule has 0 saturated carbocycles. The van der Waals surface area contributed by atoms with Gasteiger partial charge in [0.25, 0.3) is 0 Å². The highest BCUT2D eigenvalue weighted by Crippen LogP contribution is 2.46. The van der Waals surface area contributed by atoms with Crippen molar-refractivity contribution in [1.29, 1.82) is 0 Å². The predicted octanol–water partition coefficient (Wildman–Crippen LogP) is 14.8. The van der Waals surface area contributed by atoms with Gasteiger partial charge >= 0.3 is 0 Å². The van der Waals surface area contributed by atoms with Crippen molar-refractivity contribution >= 4 is 60.2 Å². The molecule has 0 aliphatic carbocycles. The van der Waals surface area contributed by atoms with Crippen molar-refractivity contribution in [1.82, 2.24) is 0 Å². The smallest absolute Gasteiger partial charge is 0.0540 e. The maximum absolute atomic E-state index is 2.47. The zero-order chi connectivity index (χ0) is 35.1. The molecule has 10 aromatic carbocycles. The van der Waals surface area contributed by atoms with Crippen molar-refractivity contribution in [2.45, 2.75) is 0 Å². The second-order valence-corrected chi connectivity index (χ2v) is 13.7. The van der Waals surface area contributed by atoms with Crippen LogP contribution in [0.5, 0.6) is 0 Å². The molecule has 0 aliphatic rings. The Morgan fingerprint density at radius 2 is 0.811 bits per heavy atom. The second-order valence-electron chi connectivity index (χ2n) is 13.7. The molecule has 0 N–H and O–H groups in total. The third-order valence-corrected chi connectivity index (χ3v) is 10.6. The molecule has 248 valence electrons. The average Bonchev–Trinajstić information content (AvgIpc) is 3.24. The fourth-order valence-electron chi connectivity index (χ4n) is 8.14. The molecule has 10 rings (SSSR count). The van der Waals surface area contributed by atoms with Gasteiger partial charge in [-0.2, -0.15) is 0 Å². The third-order valence-electron chi connectivity index (χ3n) is 10.6. The van der Waals surface area contributed by atoms with Crippen LogP contribution in [0.4, 0.5) is 17.1 Å². The minimum atomic E-state index is 1.10. The quantitative estimate of drug-likeness (QED) is 0.159. The van der Waals surface area contributed by atoms with Crippen LogP contribution in [0.3, 0.4) is 0 Å². The van der Waals surface area contributed by atoms with Gasteiger partial charge in [-0.15, -0.1) is 0 Å². The number of fused-ring (bicyclic) bond motifs is 5. The van der Waals surface area contributed by atoms with Crippen molar-refractivity contribution in [2.24, 2.45) is 0 Å². The summed E-state index contributed by atoms with van der Waals surface area (Å²) < 4.78 is 0. The first kappa shape index (κ1) is 30.8. The van der Waals surface area contributed by atoms with Crippen LogP contribution in [-0.4, -0.2) is 0 Å². The Labute approximate surface area is 309 Å². The first-order chi connectivity index (χ1) is 26.3. The molecular weight excluding hydrogens is 639 g/mol. The molecule has 0 aromatic heterocycles. The van der Waals surface area contributed by atoms with Gasteiger partial charge in [0.1, 0.15) is 0 Å². The number of rotatable bonds is 6. The number of nitrogens with zero attached hydrogens (tertiary/aromatic N) is 1. The molecule has 0 unspecified atom stereocenters. The van der Waals surface area contributed by atoms with E-state index in [0.29, 0.717) is 0 Å². The van der Waals surface area contributed by atoms with Gasteiger partial charge in [-0.25, -0.2) is 0 Å². The van der Waals surface area contributed by atoms with E-state index in [2.05, 4.69) is 217 Å². The van der Waals surface area contributed by atoms with Gasteiger partial charge in [-0.1, -0.05) is 176 Å². The number of para-hydroxylation sites is 1. The summed E-state index contributed by atoms with van der Waals surface area (Å²) in [7, 11) is 0. The molecule has 0 fully saturated rings. The number of hydrogen-bond donors (Lipinski definition) is 0. The van der Waals surface area contributed by atoms with Crippen molar-refractivity contribution in [2.75, 3.05) is 4.90 Å². The predicted molar refractivity (Wildman–Crippen MR) is 227 cm³/mol. The van der Waals surface area contributed by atoms with E-state index in [4.69, 9.17) is 0 Å². The summed E-state index contributed by atoms with van der Waals surface area (Å²) in [5.41, 5.74) is 10.6. The molecule has 0 aliphatic heterocycles. The summed E-state index contributed by atoms with van der Waals surface area (Å²) in [6, 6.07) is 77.4. The van der Waals surface area contributed by atoms with Gasteiger partial charge in [-0.05, 0) is 102 Å². The molecule has 0 heterocycles. The minimum Gasteiger partial charge on any atom is -0.309 e. The Morgan fingerprint density at radius 1 is 0.245 bits per heavy atom. The van der Waals surface area contributed by atoms with Crippen LogP contribution in [0, 0.1) is 0 Å². The maximum atomic E-state index is 2.47. The Morgan fingerprint density at radius 3 is 1.70 bits per heavy atom. The van der Waals surface area contributed by atoms with E-state index in [1.165, 1.54) is 76.5 Å². The first-order valence-electron chi connectivity index (χ1n) is 18.3. The van der Waals surface area contributed by atoms with Crippen LogP contribution in [0.1, 0.15) is 0 Å². The summed E-state index contributed by atoms with van der Waals surface area (Å²) in [6.07, 6.45) is 0. The highest BCUT2D eigenvalue weighted by Gasteiger charge is 2.21. The molecule has 0 spiro atoms. The average molecular weight is 674 g/mol. The molecule has 0 saturated heterocycles. The molecular formula is C52H35N. The van der Waals surface area contributed by atoms with E-state index in [1.54, 1.807) is 0 Å². The molecule has 0 radical (unpaired) electrons. The number of anilines is 3. The van der Waals surface area contributed by atoms with Crippen LogP contribution < -0.4 is 4.90 Å². The van der Waals surface area contributed by atoms with E-state index >= 15 is 0 Å². The van der Waals surface area contributed by atoms with Gasteiger partial charge < -0.3 is 4.90 Å². The largest absolute Gasteiger partial charge is 0.309 e. The van der Waals surface area contributed by atoms with E-state index in [0.717, 1.165) is 17.1 Å². The minimum absolute atomic E-state index is 1.10. The zero-order valence-electron chi connectivity index (χ0n) is 29.2. The normalized spacial score (nSPS) is 11.4. The SMILES string of the molecule is c1ccc(-c2cccc3c(N(c4cccc(-c5cc6ccccc6c6ccccc56)c4)c4ccccc4-c4ccc5ccccc5c4)cccc23)cc1. The van der Waals surface area contributed by atoms with Crippen LogP contribution >= 0.6 is 0 Å². The monoisotopic (exact) mass is 673 g/mol. The Hall–Kier alpha value is -6.96. The lowest BCUT2D eigenvalue weighted by molar-refractivity contribution is 1.30. The third kappa shape index (κ3) is 5.42. The molecule has 0 atom stereocenters. The van der Waals surface area contributed by atoms with Crippen LogP contribution in [0.25, 0.3) is 76.5 Å². The summed E-state index contributed by atoms with van der Waals surface area (Å²) in [5.74, 6) is 0. The Balaban J connectivity index is 1.23. The topological polar surface area (TPSA) is 3.24 Å². The van der Waals surface area contributed by atoms with Gasteiger partial charge in [0.2, 0.25) is 0 Å². The van der Waals surface area contributed by atoms with Gasteiger partial charge in [0.05, 0.1) is 11.4 Å². The van der Waals surface area contributed by atoms with Crippen molar-refractivity contribution in [3.05, 3.63) is 212 Å². The maximum Gasteiger partial charge on any atom is 0.0540 e. The zero-order valence-corrected chi connectivity index (χ0v) is 29.2. The first-order valence-corrected chi connectivity index (χ1v) is 18.3. The van der Waals surface area contributed by atoms with E-state index in [-0.39, 0.29) is 0 Å². The molecule has 1 heteroatoms. The summed E-state index contributed by atoms with van der Waals surface area (Å²) in [4.78, 5) is 2.47. The van der Waals surface area contributed by atoms with Crippen LogP contribution in [0.15, 0.2) is 212 Å².